The van der Waals surface area contributed by atoms with E-state index in [4.69, 9.17) is 0 Å². The Morgan fingerprint density at radius 1 is 1.29 bits per heavy atom. The highest BCUT2D eigenvalue weighted by Gasteiger charge is 2.06. The van der Waals surface area contributed by atoms with Gasteiger partial charge < -0.3 is 5.32 Å². The Morgan fingerprint density at radius 2 is 2.12 bits per heavy atom. The zero-order valence-corrected chi connectivity index (χ0v) is 10.6. The Kier molecular flexibility index (Phi) is 3.81. The summed E-state index contributed by atoms with van der Waals surface area (Å²) in [5.41, 5.74) is 0.715. The largest absolute Gasteiger partial charge is 0.310 e. The number of aromatic nitrogens is 2. The van der Waals surface area contributed by atoms with E-state index in [0.29, 0.717) is 11.7 Å². The van der Waals surface area contributed by atoms with Crippen molar-refractivity contribution in [2.24, 2.45) is 0 Å². The fourth-order valence-electron chi connectivity index (χ4n) is 1.31. The topological polar surface area (TPSA) is 37.8 Å². The van der Waals surface area contributed by atoms with Crippen LogP contribution in [0.15, 0.2) is 24.5 Å². The highest BCUT2D eigenvalue weighted by molar-refractivity contribution is 7.14. The van der Waals surface area contributed by atoms with Crippen LogP contribution in [0.25, 0.3) is 10.7 Å². The number of pyridine rings is 1. The Hall–Kier alpha value is -1.33. The van der Waals surface area contributed by atoms with Crippen LogP contribution in [0.5, 0.6) is 0 Å². The third-order valence-electron chi connectivity index (χ3n) is 2.18. The number of rotatable bonds is 4. The van der Waals surface area contributed by atoms with Gasteiger partial charge in [0.25, 0.3) is 0 Å². The van der Waals surface area contributed by atoms with Gasteiger partial charge in [-0.3, -0.25) is 4.98 Å². The summed E-state index contributed by atoms with van der Waals surface area (Å²) in [5, 5.41) is 4.15. The molecule has 2 rings (SSSR count). The van der Waals surface area contributed by atoms with Crippen molar-refractivity contribution in [3.8, 4) is 10.7 Å². The van der Waals surface area contributed by atoms with Crippen molar-refractivity contribution in [1.82, 2.24) is 15.3 Å². The fourth-order valence-corrected chi connectivity index (χ4v) is 2.15. The minimum Gasteiger partial charge on any atom is -0.310 e. The van der Waals surface area contributed by atoms with Gasteiger partial charge in [0, 0.05) is 23.7 Å². The molecule has 0 aliphatic rings. The molecule has 1 N–H and O–H groups in total. The molecule has 0 aliphatic carbocycles. The molecule has 0 fully saturated rings. The van der Waals surface area contributed by atoms with Gasteiger partial charge in [-0.25, -0.2) is 9.37 Å². The van der Waals surface area contributed by atoms with Gasteiger partial charge in [0.15, 0.2) is 0 Å². The molecule has 0 aliphatic heterocycles. The third kappa shape index (κ3) is 3.31. The van der Waals surface area contributed by atoms with Crippen LogP contribution >= 0.6 is 11.3 Å². The molecule has 90 valence electrons. The molecule has 2 aromatic heterocycles. The monoisotopic (exact) mass is 251 g/mol. The predicted octanol–water partition coefficient (Wildman–Crippen LogP) is 2.84. The molecule has 2 heterocycles. The standard InChI is InChI=1S/C12H14FN3S/c1-8(2)14-6-10-7-16-12(17-10)11-4-3-9(13)5-15-11/h3-5,7-8,14H,6H2,1-2H3. The van der Waals surface area contributed by atoms with Crippen molar-refractivity contribution in [1.29, 1.82) is 0 Å². The molecule has 3 nitrogen and oxygen atoms in total. The van der Waals surface area contributed by atoms with E-state index in [-0.39, 0.29) is 5.82 Å². The van der Waals surface area contributed by atoms with E-state index >= 15 is 0 Å². The number of nitrogens with zero attached hydrogens (tertiary/aromatic N) is 2. The van der Waals surface area contributed by atoms with Gasteiger partial charge in [-0.2, -0.15) is 0 Å². The average Bonchev–Trinajstić information content (AvgIpc) is 2.76. The van der Waals surface area contributed by atoms with Crippen LogP contribution in [0.4, 0.5) is 4.39 Å². The summed E-state index contributed by atoms with van der Waals surface area (Å²) in [5.74, 6) is -0.327. The van der Waals surface area contributed by atoms with E-state index in [2.05, 4.69) is 29.1 Å². The summed E-state index contributed by atoms with van der Waals surface area (Å²) in [4.78, 5) is 9.45. The normalized spacial score (nSPS) is 11.1. The number of halogens is 1. The summed E-state index contributed by atoms with van der Waals surface area (Å²) >= 11 is 1.58. The van der Waals surface area contributed by atoms with E-state index in [1.165, 1.54) is 12.3 Å². The van der Waals surface area contributed by atoms with Gasteiger partial charge in [0.2, 0.25) is 0 Å². The SMILES string of the molecule is CC(C)NCc1cnc(-c2ccc(F)cn2)s1. The number of thiazole rings is 1. The zero-order valence-electron chi connectivity index (χ0n) is 9.77. The minimum absolute atomic E-state index is 0.327. The molecule has 0 radical (unpaired) electrons. The van der Waals surface area contributed by atoms with Crippen molar-refractivity contribution >= 4 is 11.3 Å². The summed E-state index contributed by atoms with van der Waals surface area (Å²) < 4.78 is 12.7. The smallest absolute Gasteiger partial charge is 0.142 e. The lowest BCUT2D eigenvalue weighted by Gasteiger charge is -2.04. The quantitative estimate of drug-likeness (QED) is 0.908. The van der Waals surface area contributed by atoms with Gasteiger partial charge >= 0.3 is 0 Å². The van der Waals surface area contributed by atoms with E-state index < -0.39 is 0 Å². The molecule has 0 saturated carbocycles. The van der Waals surface area contributed by atoms with Crippen LogP contribution in [0.3, 0.4) is 0 Å². The van der Waals surface area contributed by atoms with Crippen molar-refractivity contribution in [3.63, 3.8) is 0 Å². The molecule has 0 amide bonds. The number of hydrogen-bond donors (Lipinski definition) is 1. The fraction of sp³-hybridized carbons (Fsp3) is 0.333. The predicted molar refractivity (Wildman–Crippen MR) is 67.3 cm³/mol. The maximum Gasteiger partial charge on any atom is 0.142 e. The second-order valence-electron chi connectivity index (χ2n) is 4.03. The Balaban J connectivity index is 2.10. The van der Waals surface area contributed by atoms with E-state index in [9.17, 15) is 4.39 Å². The van der Waals surface area contributed by atoms with Gasteiger partial charge in [-0.1, -0.05) is 13.8 Å². The first-order valence-electron chi connectivity index (χ1n) is 5.45. The van der Waals surface area contributed by atoms with E-state index in [0.717, 1.165) is 16.4 Å². The molecule has 0 atom stereocenters. The zero-order chi connectivity index (χ0) is 12.3. The first kappa shape index (κ1) is 12.1. The van der Waals surface area contributed by atoms with E-state index in [1.807, 2.05) is 6.20 Å². The highest BCUT2D eigenvalue weighted by atomic mass is 32.1. The number of nitrogens with one attached hydrogen (secondary N) is 1. The van der Waals surface area contributed by atoms with Crippen LogP contribution in [0.1, 0.15) is 18.7 Å². The molecule has 17 heavy (non-hydrogen) atoms. The molecule has 0 spiro atoms. The lowest BCUT2D eigenvalue weighted by molar-refractivity contribution is 0.593. The Morgan fingerprint density at radius 3 is 2.76 bits per heavy atom. The lowest BCUT2D eigenvalue weighted by Crippen LogP contribution is -2.21. The van der Waals surface area contributed by atoms with Gasteiger partial charge in [0.05, 0.1) is 11.9 Å². The number of hydrogen-bond acceptors (Lipinski definition) is 4. The summed E-state index contributed by atoms with van der Waals surface area (Å²) in [6.07, 6.45) is 3.04. The Labute approximate surface area is 104 Å². The van der Waals surface area contributed by atoms with Crippen molar-refractivity contribution in [2.75, 3.05) is 0 Å². The molecule has 5 heteroatoms. The first-order chi connectivity index (χ1) is 8.15. The lowest BCUT2D eigenvalue weighted by atomic mass is 10.3. The second-order valence-corrected chi connectivity index (χ2v) is 5.14. The third-order valence-corrected chi connectivity index (χ3v) is 3.20. The van der Waals surface area contributed by atoms with Crippen LogP contribution < -0.4 is 5.32 Å². The molecule has 2 aromatic rings. The molecule has 0 saturated heterocycles. The van der Waals surface area contributed by atoms with Gasteiger partial charge in [0.1, 0.15) is 10.8 Å². The van der Waals surface area contributed by atoms with Crippen LogP contribution in [-0.4, -0.2) is 16.0 Å². The van der Waals surface area contributed by atoms with Crippen LogP contribution in [0.2, 0.25) is 0 Å². The van der Waals surface area contributed by atoms with E-state index in [1.54, 1.807) is 17.4 Å². The second kappa shape index (κ2) is 5.33. The first-order valence-corrected chi connectivity index (χ1v) is 6.27. The van der Waals surface area contributed by atoms with Crippen LogP contribution in [-0.2, 0) is 6.54 Å². The van der Waals surface area contributed by atoms with Crippen molar-refractivity contribution in [2.45, 2.75) is 26.4 Å². The molecule has 0 unspecified atom stereocenters. The van der Waals surface area contributed by atoms with Crippen LogP contribution in [0, 0.1) is 5.82 Å². The Bertz CT molecular complexity index is 479. The molecular formula is C12H14FN3S. The highest BCUT2D eigenvalue weighted by Crippen LogP contribution is 2.23. The van der Waals surface area contributed by atoms with Gasteiger partial charge in [-0.05, 0) is 12.1 Å². The summed E-state index contributed by atoms with van der Waals surface area (Å²) in [6, 6.07) is 3.49. The van der Waals surface area contributed by atoms with Gasteiger partial charge in [-0.15, -0.1) is 11.3 Å². The maximum atomic E-state index is 12.7. The minimum atomic E-state index is -0.327. The molecule has 0 bridgehead atoms. The maximum absolute atomic E-state index is 12.7. The van der Waals surface area contributed by atoms with Crippen molar-refractivity contribution in [3.05, 3.63) is 35.2 Å². The summed E-state index contributed by atoms with van der Waals surface area (Å²) in [7, 11) is 0. The molecular weight excluding hydrogens is 237 g/mol. The summed E-state index contributed by atoms with van der Waals surface area (Å²) in [6.45, 7) is 5.00. The average molecular weight is 251 g/mol. The van der Waals surface area contributed by atoms with Crippen molar-refractivity contribution < 1.29 is 4.39 Å². The molecule has 0 aromatic carbocycles.